The summed E-state index contributed by atoms with van der Waals surface area (Å²) in [6.45, 7) is 5.12. The van der Waals surface area contributed by atoms with Crippen molar-refractivity contribution in [3.8, 4) is 10.6 Å². The summed E-state index contributed by atoms with van der Waals surface area (Å²) >= 11 is 3.08. The van der Waals surface area contributed by atoms with Crippen molar-refractivity contribution < 1.29 is 14.3 Å². The Hall–Kier alpha value is -2.03. The molecule has 0 radical (unpaired) electrons. The summed E-state index contributed by atoms with van der Waals surface area (Å²) in [6.07, 6.45) is 0. The van der Waals surface area contributed by atoms with Crippen LogP contribution in [-0.4, -0.2) is 48.8 Å². The van der Waals surface area contributed by atoms with Gasteiger partial charge in [-0.2, -0.15) is 4.98 Å². The number of pyridine rings is 1. The van der Waals surface area contributed by atoms with Gasteiger partial charge in [-0.05, 0) is 24.4 Å². The maximum absolute atomic E-state index is 12.5. The number of ether oxygens (including phenoxy) is 2. The molecular weight excluding hydrogens is 358 g/mol. The van der Waals surface area contributed by atoms with E-state index in [9.17, 15) is 4.79 Å². The molecule has 0 spiro atoms. The van der Waals surface area contributed by atoms with E-state index >= 15 is 0 Å². The third-order valence-corrected chi connectivity index (χ3v) is 5.93. The Labute approximate surface area is 153 Å². The number of carbonyl (C=O) groups is 1. The van der Waals surface area contributed by atoms with Gasteiger partial charge in [-0.25, -0.2) is 9.78 Å². The number of nitrogens with zero attached hydrogens (tertiary/aromatic N) is 3. The van der Waals surface area contributed by atoms with Crippen molar-refractivity contribution in [2.75, 3.05) is 37.8 Å². The Kier molecular flexibility index (Phi) is 4.65. The van der Waals surface area contributed by atoms with Crippen LogP contribution >= 0.6 is 22.7 Å². The first-order valence-corrected chi connectivity index (χ1v) is 9.81. The first kappa shape index (κ1) is 16.4. The standard InChI is InChI=1S/C17H17N3O3S2/c1-2-23-16(21)11-10-12(13-4-3-9-24-13)18-15-14(11)25-17(19-15)20-5-7-22-8-6-20/h3-4,9-10H,2,5-8H2,1H3. The zero-order valence-electron chi connectivity index (χ0n) is 13.7. The Morgan fingerprint density at radius 3 is 2.92 bits per heavy atom. The molecule has 0 saturated carbocycles. The van der Waals surface area contributed by atoms with Crippen LogP contribution in [0.15, 0.2) is 23.6 Å². The van der Waals surface area contributed by atoms with Crippen molar-refractivity contribution in [2.24, 2.45) is 0 Å². The minimum Gasteiger partial charge on any atom is -0.462 e. The van der Waals surface area contributed by atoms with E-state index in [1.165, 1.54) is 11.3 Å². The minimum atomic E-state index is -0.329. The lowest BCUT2D eigenvalue weighted by Gasteiger charge is -2.25. The molecule has 0 unspecified atom stereocenters. The highest BCUT2D eigenvalue weighted by molar-refractivity contribution is 7.22. The van der Waals surface area contributed by atoms with E-state index < -0.39 is 0 Å². The van der Waals surface area contributed by atoms with Gasteiger partial charge in [-0.15, -0.1) is 11.3 Å². The van der Waals surface area contributed by atoms with Gasteiger partial charge in [0, 0.05) is 13.1 Å². The summed E-state index contributed by atoms with van der Waals surface area (Å²) in [6, 6.07) is 5.77. The molecule has 0 aliphatic carbocycles. The second-order valence-corrected chi connectivity index (χ2v) is 7.43. The van der Waals surface area contributed by atoms with Crippen molar-refractivity contribution >= 4 is 44.1 Å². The lowest BCUT2D eigenvalue weighted by atomic mass is 10.2. The topological polar surface area (TPSA) is 64.5 Å². The molecule has 1 fully saturated rings. The van der Waals surface area contributed by atoms with Crippen molar-refractivity contribution in [3.63, 3.8) is 0 Å². The van der Waals surface area contributed by atoms with Gasteiger partial charge in [-0.3, -0.25) is 0 Å². The van der Waals surface area contributed by atoms with Gasteiger partial charge in [0.1, 0.15) is 0 Å². The zero-order chi connectivity index (χ0) is 17.2. The van der Waals surface area contributed by atoms with Crippen molar-refractivity contribution in [3.05, 3.63) is 29.1 Å². The zero-order valence-corrected chi connectivity index (χ0v) is 15.4. The number of aromatic nitrogens is 2. The van der Waals surface area contributed by atoms with Crippen LogP contribution in [0.3, 0.4) is 0 Å². The van der Waals surface area contributed by atoms with Gasteiger partial charge in [0.2, 0.25) is 0 Å². The molecule has 3 aromatic heterocycles. The van der Waals surface area contributed by atoms with Crippen molar-refractivity contribution in [2.45, 2.75) is 6.92 Å². The molecule has 130 valence electrons. The van der Waals surface area contributed by atoms with Crippen LogP contribution < -0.4 is 4.90 Å². The normalized spacial score (nSPS) is 14.8. The van der Waals surface area contributed by atoms with Crippen LogP contribution in [0.5, 0.6) is 0 Å². The molecule has 0 atom stereocenters. The van der Waals surface area contributed by atoms with E-state index in [2.05, 4.69) is 14.9 Å². The molecule has 1 aliphatic heterocycles. The number of esters is 1. The number of hydrogen-bond acceptors (Lipinski definition) is 8. The van der Waals surface area contributed by atoms with Crippen LogP contribution in [0.2, 0.25) is 0 Å². The number of morpholine rings is 1. The van der Waals surface area contributed by atoms with Gasteiger partial charge >= 0.3 is 5.97 Å². The van der Waals surface area contributed by atoms with E-state index in [1.807, 2.05) is 30.5 Å². The quantitative estimate of drug-likeness (QED) is 0.651. The summed E-state index contributed by atoms with van der Waals surface area (Å²) < 4.78 is 11.4. The van der Waals surface area contributed by atoms with Gasteiger partial charge in [0.25, 0.3) is 0 Å². The second-order valence-electron chi connectivity index (χ2n) is 5.50. The number of carbonyl (C=O) groups excluding carboxylic acids is 1. The van der Waals surface area contributed by atoms with Gasteiger partial charge in [0.15, 0.2) is 10.8 Å². The molecule has 6 nitrogen and oxygen atoms in total. The number of rotatable bonds is 4. The number of thiazole rings is 1. The van der Waals surface area contributed by atoms with E-state index in [-0.39, 0.29) is 5.97 Å². The molecule has 8 heteroatoms. The molecule has 0 N–H and O–H groups in total. The highest BCUT2D eigenvalue weighted by Gasteiger charge is 2.22. The summed E-state index contributed by atoms with van der Waals surface area (Å²) in [5, 5.41) is 2.87. The van der Waals surface area contributed by atoms with E-state index in [0.29, 0.717) is 31.0 Å². The number of anilines is 1. The highest BCUT2D eigenvalue weighted by Crippen LogP contribution is 2.34. The predicted molar refractivity (Wildman–Crippen MR) is 99.7 cm³/mol. The van der Waals surface area contributed by atoms with Gasteiger partial charge in [0.05, 0.1) is 40.7 Å². The number of fused-ring (bicyclic) bond motifs is 1. The summed E-state index contributed by atoms with van der Waals surface area (Å²) in [7, 11) is 0. The molecule has 1 aliphatic rings. The summed E-state index contributed by atoms with van der Waals surface area (Å²) in [5.41, 5.74) is 1.89. The fourth-order valence-corrected chi connectivity index (χ4v) is 4.45. The van der Waals surface area contributed by atoms with Crippen molar-refractivity contribution in [1.29, 1.82) is 0 Å². The largest absolute Gasteiger partial charge is 0.462 e. The Bertz CT molecular complexity index is 886. The average Bonchev–Trinajstić information content (AvgIpc) is 3.31. The third kappa shape index (κ3) is 3.24. The van der Waals surface area contributed by atoms with Crippen LogP contribution in [0.1, 0.15) is 17.3 Å². The smallest absolute Gasteiger partial charge is 0.339 e. The molecule has 1 saturated heterocycles. The Balaban J connectivity index is 1.83. The predicted octanol–water partition coefficient (Wildman–Crippen LogP) is 3.43. The lowest BCUT2D eigenvalue weighted by molar-refractivity contribution is 0.0529. The van der Waals surface area contributed by atoms with Crippen LogP contribution in [0.4, 0.5) is 5.13 Å². The summed E-state index contributed by atoms with van der Waals surface area (Å²) in [4.78, 5) is 25.0. The molecule has 0 amide bonds. The summed E-state index contributed by atoms with van der Waals surface area (Å²) in [5.74, 6) is -0.329. The highest BCUT2D eigenvalue weighted by atomic mass is 32.1. The van der Waals surface area contributed by atoms with Gasteiger partial charge in [-0.1, -0.05) is 17.4 Å². The molecule has 0 aromatic carbocycles. The third-order valence-electron chi connectivity index (χ3n) is 3.90. The fraction of sp³-hybridized carbons (Fsp3) is 0.353. The average molecular weight is 375 g/mol. The van der Waals surface area contributed by atoms with Crippen LogP contribution in [-0.2, 0) is 9.47 Å². The molecular formula is C17H17N3O3S2. The second kappa shape index (κ2) is 7.07. The molecule has 3 aromatic rings. The SMILES string of the molecule is CCOC(=O)c1cc(-c2cccs2)nc2nc(N3CCOCC3)sc12. The number of thiophene rings is 1. The maximum atomic E-state index is 12.5. The number of hydrogen-bond donors (Lipinski definition) is 0. The first-order valence-electron chi connectivity index (χ1n) is 8.11. The molecule has 4 heterocycles. The molecule has 25 heavy (non-hydrogen) atoms. The Morgan fingerprint density at radius 1 is 1.36 bits per heavy atom. The van der Waals surface area contributed by atoms with Crippen LogP contribution in [0.25, 0.3) is 20.9 Å². The van der Waals surface area contributed by atoms with Gasteiger partial charge < -0.3 is 14.4 Å². The fourth-order valence-electron chi connectivity index (χ4n) is 2.70. The van der Waals surface area contributed by atoms with Crippen molar-refractivity contribution in [1.82, 2.24) is 9.97 Å². The minimum absolute atomic E-state index is 0.329. The van der Waals surface area contributed by atoms with Crippen LogP contribution in [0, 0.1) is 0 Å². The maximum Gasteiger partial charge on any atom is 0.339 e. The van der Waals surface area contributed by atoms with E-state index in [4.69, 9.17) is 9.47 Å². The monoisotopic (exact) mass is 375 g/mol. The molecule has 4 rings (SSSR count). The first-order chi connectivity index (χ1) is 12.3. The van der Waals surface area contributed by atoms with E-state index in [0.717, 1.165) is 33.5 Å². The lowest BCUT2D eigenvalue weighted by Crippen LogP contribution is -2.36. The van der Waals surface area contributed by atoms with E-state index in [1.54, 1.807) is 11.3 Å². The molecule has 0 bridgehead atoms. The Morgan fingerprint density at radius 2 is 2.20 bits per heavy atom.